The molecule has 1 saturated heterocycles. The van der Waals surface area contributed by atoms with Gasteiger partial charge in [0.1, 0.15) is 0 Å². The fraction of sp³-hybridized carbons (Fsp3) is 0.812. The lowest BCUT2D eigenvalue weighted by Gasteiger charge is -2.44. The third kappa shape index (κ3) is 2.60. The Labute approximate surface area is 126 Å². The number of nitrogens with zero attached hydrogens (tertiary/aromatic N) is 2. The first-order valence-electron chi connectivity index (χ1n) is 8.12. The van der Waals surface area contributed by atoms with Crippen LogP contribution in [0, 0.1) is 12.8 Å². The molecule has 0 spiro atoms. The molecule has 1 N–H and O–H groups in total. The molecule has 0 amide bonds. The van der Waals surface area contributed by atoms with Gasteiger partial charge in [-0.1, -0.05) is 12.8 Å². The predicted molar refractivity (Wildman–Crippen MR) is 86.7 cm³/mol. The molecule has 1 aromatic heterocycles. The standard InChI is InChI=1S/C16H27N3S/c1-11(17-3)15-12(2)18-16(20-15)19-10-6-8-13-7-4-5-9-14(13)19/h11,13-14,17H,4-10H2,1-3H3. The fourth-order valence-corrected chi connectivity index (χ4v) is 5.12. The van der Waals surface area contributed by atoms with Crippen LogP contribution in [0.5, 0.6) is 0 Å². The molecular weight excluding hydrogens is 266 g/mol. The zero-order valence-corrected chi connectivity index (χ0v) is 13.8. The Morgan fingerprint density at radius 2 is 2.00 bits per heavy atom. The number of nitrogens with one attached hydrogen (secondary N) is 1. The monoisotopic (exact) mass is 293 g/mol. The van der Waals surface area contributed by atoms with Gasteiger partial charge in [0.15, 0.2) is 5.13 Å². The van der Waals surface area contributed by atoms with Crippen molar-refractivity contribution in [3.05, 3.63) is 10.6 Å². The molecule has 112 valence electrons. The molecule has 3 unspecified atom stereocenters. The van der Waals surface area contributed by atoms with E-state index in [9.17, 15) is 0 Å². The van der Waals surface area contributed by atoms with Crippen LogP contribution in [0.25, 0.3) is 0 Å². The molecule has 3 rings (SSSR count). The van der Waals surface area contributed by atoms with E-state index in [1.165, 1.54) is 60.8 Å². The Morgan fingerprint density at radius 3 is 2.80 bits per heavy atom. The van der Waals surface area contributed by atoms with Crippen molar-refractivity contribution in [1.82, 2.24) is 10.3 Å². The van der Waals surface area contributed by atoms with Crippen LogP contribution in [-0.2, 0) is 0 Å². The number of aryl methyl sites for hydroxylation is 1. The summed E-state index contributed by atoms with van der Waals surface area (Å²) < 4.78 is 0. The number of anilines is 1. The van der Waals surface area contributed by atoms with Gasteiger partial charge in [-0.15, -0.1) is 11.3 Å². The van der Waals surface area contributed by atoms with Gasteiger partial charge in [-0.3, -0.25) is 0 Å². The Kier molecular flexibility index (Phi) is 4.32. The Hall–Kier alpha value is -0.610. The van der Waals surface area contributed by atoms with Crippen LogP contribution in [0.15, 0.2) is 0 Å². The fourth-order valence-electron chi connectivity index (χ4n) is 3.91. The summed E-state index contributed by atoms with van der Waals surface area (Å²) in [6, 6.07) is 1.17. The van der Waals surface area contributed by atoms with Crippen molar-refractivity contribution in [2.24, 2.45) is 5.92 Å². The van der Waals surface area contributed by atoms with E-state index in [2.05, 4.69) is 24.1 Å². The van der Waals surface area contributed by atoms with E-state index in [0.29, 0.717) is 6.04 Å². The summed E-state index contributed by atoms with van der Waals surface area (Å²) >= 11 is 1.91. The highest BCUT2D eigenvalue weighted by Crippen LogP contribution is 2.40. The molecule has 1 aliphatic carbocycles. The molecule has 1 saturated carbocycles. The lowest BCUT2D eigenvalue weighted by atomic mass is 9.78. The first kappa shape index (κ1) is 14.3. The second-order valence-electron chi connectivity index (χ2n) is 6.40. The predicted octanol–water partition coefficient (Wildman–Crippen LogP) is 3.89. The van der Waals surface area contributed by atoms with Crippen LogP contribution < -0.4 is 10.2 Å². The van der Waals surface area contributed by atoms with Crippen LogP contribution in [0.1, 0.15) is 62.1 Å². The molecular formula is C16H27N3S. The topological polar surface area (TPSA) is 28.2 Å². The van der Waals surface area contributed by atoms with Gasteiger partial charge in [-0.2, -0.15) is 0 Å². The number of fused-ring (bicyclic) bond motifs is 1. The number of hydrogen-bond donors (Lipinski definition) is 1. The van der Waals surface area contributed by atoms with Gasteiger partial charge in [0.25, 0.3) is 0 Å². The zero-order chi connectivity index (χ0) is 14.1. The number of piperidine rings is 1. The largest absolute Gasteiger partial charge is 0.345 e. The number of thiazole rings is 1. The Bertz CT molecular complexity index is 455. The van der Waals surface area contributed by atoms with E-state index in [1.54, 1.807) is 0 Å². The quantitative estimate of drug-likeness (QED) is 0.916. The molecule has 1 aliphatic heterocycles. The number of rotatable bonds is 3. The molecule has 3 atom stereocenters. The van der Waals surface area contributed by atoms with Crippen LogP contribution in [0.2, 0.25) is 0 Å². The van der Waals surface area contributed by atoms with Crippen molar-refractivity contribution < 1.29 is 0 Å². The molecule has 0 aromatic carbocycles. The van der Waals surface area contributed by atoms with Crippen molar-refractivity contribution in [2.75, 3.05) is 18.5 Å². The van der Waals surface area contributed by atoms with Gasteiger partial charge >= 0.3 is 0 Å². The summed E-state index contributed by atoms with van der Waals surface area (Å²) in [6.45, 7) is 5.59. The maximum Gasteiger partial charge on any atom is 0.186 e. The summed E-state index contributed by atoms with van der Waals surface area (Å²) in [7, 11) is 2.03. The van der Waals surface area contributed by atoms with Gasteiger partial charge in [-0.05, 0) is 52.5 Å². The molecule has 0 bridgehead atoms. The molecule has 2 aliphatic rings. The minimum Gasteiger partial charge on any atom is -0.345 e. The van der Waals surface area contributed by atoms with E-state index in [-0.39, 0.29) is 0 Å². The van der Waals surface area contributed by atoms with Crippen molar-refractivity contribution in [2.45, 2.75) is 64.5 Å². The molecule has 2 fully saturated rings. The Morgan fingerprint density at radius 1 is 1.25 bits per heavy atom. The molecule has 4 heteroatoms. The minimum absolute atomic E-state index is 0.410. The SMILES string of the molecule is CNC(C)c1sc(N2CCCC3CCCCC32)nc1C. The number of aromatic nitrogens is 1. The minimum atomic E-state index is 0.410. The van der Waals surface area contributed by atoms with Gasteiger partial charge in [0, 0.05) is 23.5 Å². The lowest BCUT2D eigenvalue weighted by Crippen LogP contribution is -2.46. The Balaban J connectivity index is 1.84. The molecule has 2 heterocycles. The molecule has 0 radical (unpaired) electrons. The van der Waals surface area contributed by atoms with E-state index >= 15 is 0 Å². The first-order chi connectivity index (χ1) is 9.70. The van der Waals surface area contributed by atoms with E-state index in [1.807, 2.05) is 18.4 Å². The highest BCUT2D eigenvalue weighted by molar-refractivity contribution is 7.15. The summed E-state index contributed by atoms with van der Waals surface area (Å²) in [6.07, 6.45) is 8.43. The van der Waals surface area contributed by atoms with Crippen molar-refractivity contribution in [1.29, 1.82) is 0 Å². The van der Waals surface area contributed by atoms with Gasteiger partial charge in [0.05, 0.1) is 5.69 Å². The molecule has 20 heavy (non-hydrogen) atoms. The highest BCUT2D eigenvalue weighted by Gasteiger charge is 2.34. The van der Waals surface area contributed by atoms with Crippen LogP contribution >= 0.6 is 11.3 Å². The van der Waals surface area contributed by atoms with Crippen molar-refractivity contribution >= 4 is 16.5 Å². The summed E-state index contributed by atoms with van der Waals surface area (Å²) in [5.41, 5.74) is 1.21. The lowest BCUT2D eigenvalue weighted by molar-refractivity contribution is 0.243. The van der Waals surface area contributed by atoms with Crippen LogP contribution in [0.4, 0.5) is 5.13 Å². The van der Waals surface area contributed by atoms with Gasteiger partial charge in [-0.25, -0.2) is 4.98 Å². The van der Waals surface area contributed by atoms with Gasteiger partial charge < -0.3 is 10.2 Å². The zero-order valence-electron chi connectivity index (χ0n) is 13.0. The van der Waals surface area contributed by atoms with Crippen LogP contribution in [-0.4, -0.2) is 24.6 Å². The average molecular weight is 293 g/mol. The second kappa shape index (κ2) is 6.02. The summed E-state index contributed by atoms with van der Waals surface area (Å²) in [5.74, 6) is 0.923. The normalized spacial score (nSPS) is 28.2. The van der Waals surface area contributed by atoms with Gasteiger partial charge in [0.2, 0.25) is 0 Å². The second-order valence-corrected chi connectivity index (χ2v) is 7.41. The third-order valence-corrected chi connectivity index (χ3v) is 6.51. The van der Waals surface area contributed by atoms with Crippen molar-refractivity contribution in [3.63, 3.8) is 0 Å². The molecule has 1 aromatic rings. The van der Waals surface area contributed by atoms with E-state index < -0.39 is 0 Å². The van der Waals surface area contributed by atoms with E-state index in [4.69, 9.17) is 4.98 Å². The smallest absolute Gasteiger partial charge is 0.186 e. The summed E-state index contributed by atoms with van der Waals surface area (Å²) in [5, 5.41) is 4.62. The third-order valence-electron chi connectivity index (χ3n) is 5.14. The first-order valence-corrected chi connectivity index (χ1v) is 8.93. The maximum absolute atomic E-state index is 4.90. The van der Waals surface area contributed by atoms with Crippen LogP contribution in [0.3, 0.4) is 0 Å². The van der Waals surface area contributed by atoms with Crippen molar-refractivity contribution in [3.8, 4) is 0 Å². The number of hydrogen-bond acceptors (Lipinski definition) is 4. The summed E-state index contributed by atoms with van der Waals surface area (Å²) in [4.78, 5) is 8.94. The highest BCUT2D eigenvalue weighted by atomic mass is 32.1. The maximum atomic E-state index is 4.90. The molecule has 3 nitrogen and oxygen atoms in total. The van der Waals surface area contributed by atoms with E-state index in [0.717, 1.165) is 12.0 Å². The average Bonchev–Trinajstić information content (AvgIpc) is 2.87.